The van der Waals surface area contributed by atoms with Crippen LogP contribution in [0.3, 0.4) is 0 Å². The Bertz CT molecular complexity index is 7760. The smallest absolute Gasteiger partial charge is 0.0588 e. The molecule has 4 nitrogen and oxygen atoms in total. The van der Waals surface area contributed by atoms with E-state index in [1.54, 1.807) is 0 Å². The summed E-state index contributed by atoms with van der Waals surface area (Å²) in [5, 5.41) is 10.2. The van der Waals surface area contributed by atoms with Gasteiger partial charge in [0.2, 0.25) is 0 Å². The summed E-state index contributed by atoms with van der Waals surface area (Å²) in [6.07, 6.45) is 0. The molecule has 2 aliphatic rings. The van der Waals surface area contributed by atoms with Gasteiger partial charge in [-0.2, -0.15) is 0 Å². The summed E-state index contributed by atoms with van der Waals surface area (Å²) in [4.78, 5) is 0. The third kappa shape index (κ3) is 10.8. The van der Waals surface area contributed by atoms with Crippen molar-refractivity contribution in [3.05, 3.63) is 435 Å². The lowest BCUT2D eigenvalue weighted by molar-refractivity contribution is 0.664. The molecule has 0 radical (unpaired) electrons. The van der Waals surface area contributed by atoms with Crippen molar-refractivity contribution in [2.45, 2.75) is 38.5 Å². The Morgan fingerprint density at radius 1 is 0.169 bits per heavy atom. The van der Waals surface area contributed by atoms with E-state index in [1.807, 2.05) is 0 Å². The van der Waals surface area contributed by atoms with E-state index in [0.29, 0.717) is 0 Å². The summed E-state index contributed by atoms with van der Waals surface area (Å²) in [6, 6.07) is 152. The summed E-state index contributed by atoms with van der Waals surface area (Å²) in [6.45, 7) is 9.59. The maximum absolute atomic E-state index is 2.52. The van der Waals surface area contributed by atoms with Crippen LogP contribution < -0.4 is 0 Å². The summed E-state index contributed by atoms with van der Waals surface area (Å²) >= 11 is 0. The normalized spacial score (nSPS) is 13.1. The fourth-order valence-electron chi connectivity index (χ4n) is 20.2. The molecular formula is C114H80N4. The van der Waals surface area contributed by atoms with Crippen molar-refractivity contribution in [3.63, 3.8) is 0 Å². The van der Waals surface area contributed by atoms with Crippen molar-refractivity contribution >= 4 is 87.2 Å². The summed E-state index contributed by atoms with van der Waals surface area (Å²) in [5.74, 6) is 0. The van der Waals surface area contributed by atoms with Gasteiger partial charge >= 0.3 is 0 Å². The van der Waals surface area contributed by atoms with Gasteiger partial charge in [0.25, 0.3) is 0 Å². The first-order valence-electron chi connectivity index (χ1n) is 41.2. The third-order valence-electron chi connectivity index (χ3n) is 25.8. The quantitative estimate of drug-likeness (QED) is 0.130. The molecule has 0 N–H and O–H groups in total. The van der Waals surface area contributed by atoms with Crippen molar-refractivity contribution in [1.82, 2.24) is 18.3 Å². The number of hydrogen-bond donors (Lipinski definition) is 0. The molecular weight excluding hydrogens is 1430 g/mol. The van der Waals surface area contributed by atoms with Crippen LogP contribution in [0.25, 0.3) is 199 Å². The van der Waals surface area contributed by atoms with E-state index in [-0.39, 0.29) is 10.8 Å². The van der Waals surface area contributed by atoms with Gasteiger partial charge in [0, 0.05) is 76.7 Å². The Hall–Kier alpha value is -14.8. The topological polar surface area (TPSA) is 19.7 Å². The number of nitrogens with zero attached hydrogens (tertiary/aromatic N) is 4. The number of para-hydroxylation sites is 2. The lowest BCUT2D eigenvalue weighted by Crippen LogP contribution is -2.16. The van der Waals surface area contributed by atoms with Crippen LogP contribution in [0.4, 0.5) is 0 Å². The molecule has 22 aromatic rings. The Labute approximate surface area is 685 Å². The van der Waals surface area contributed by atoms with Crippen LogP contribution in [0.5, 0.6) is 0 Å². The Balaban J connectivity index is 0.000000138. The third-order valence-corrected chi connectivity index (χ3v) is 25.8. The number of rotatable bonds is 10. The predicted molar refractivity (Wildman–Crippen MR) is 498 cm³/mol. The van der Waals surface area contributed by atoms with Crippen LogP contribution in [0.1, 0.15) is 49.9 Å². The minimum atomic E-state index is -0.161. The molecule has 0 bridgehead atoms. The van der Waals surface area contributed by atoms with Crippen molar-refractivity contribution in [2.24, 2.45) is 0 Å². The zero-order valence-electron chi connectivity index (χ0n) is 66.0. The van der Waals surface area contributed by atoms with Gasteiger partial charge < -0.3 is 18.3 Å². The highest BCUT2D eigenvalue weighted by molar-refractivity contribution is 6.18. The first kappa shape index (κ1) is 68.7. The average molecular weight is 1510 g/mol. The zero-order valence-corrected chi connectivity index (χ0v) is 66.0. The maximum Gasteiger partial charge on any atom is 0.0588 e. The van der Waals surface area contributed by atoms with Crippen molar-refractivity contribution < 1.29 is 0 Å². The summed E-state index contributed by atoms with van der Waals surface area (Å²) in [5.41, 5.74) is 39.7. The van der Waals surface area contributed by atoms with Crippen molar-refractivity contribution in [1.29, 1.82) is 0 Å². The SMILES string of the molecule is CC1(C)c2ccccc2-c2ccc3c(c21)c1cc(-c2ccc4c(c2)c2ccccc2n4-c2ccc(-c4ccccc4)cc2)ccc1n3-c1ccc(-c2ccccc2)cc1.CC1(C)c2ccccc2-c2ccc3c4cc(-c5ccc6c(c5)c5ccccc5n6-c5ccc(-c6ccccc6)cc5)ccc4n(-c4ccc(-c5ccccc5)cc4)c3c21. The molecule has 0 saturated heterocycles. The van der Waals surface area contributed by atoms with Gasteiger partial charge in [-0.3, -0.25) is 0 Å². The van der Waals surface area contributed by atoms with Crippen LogP contribution in [0, 0.1) is 0 Å². The Morgan fingerprint density at radius 2 is 0.441 bits per heavy atom. The fourth-order valence-corrected chi connectivity index (χ4v) is 20.2. The van der Waals surface area contributed by atoms with E-state index in [2.05, 4.69) is 458 Å². The molecule has 0 amide bonds. The maximum atomic E-state index is 2.52. The minimum Gasteiger partial charge on any atom is -0.309 e. The average Bonchev–Trinajstić information content (AvgIpc) is 1.54. The van der Waals surface area contributed by atoms with Crippen molar-refractivity contribution in [3.8, 4) is 112 Å². The van der Waals surface area contributed by atoms with Crippen LogP contribution >= 0.6 is 0 Å². The molecule has 24 rings (SSSR count). The van der Waals surface area contributed by atoms with Crippen LogP contribution in [-0.4, -0.2) is 18.3 Å². The number of fused-ring (bicyclic) bond motifs is 20. The molecule has 0 unspecified atom stereocenters. The van der Waals surface area contributed by atoms with Gasteiger partial charge in [-0.25, -0.2) is 0 Å². The molecule has 0 fully saturated rings. The van der Waals surface area contributed by atoms with E-state index < -0.39 is 0 Å². The second kappa shape index (κ2) is 26.9. The molecule has 4 heteroatoms. The van der Waals surface area contributed by atoms with Crippen LogP contribution in [-0.2, 0) is 10.8 Å². The van der Waals surface area contributed by atoms with Gasteiger partial charge in [-0.1, -0.05) is 325 Å². The van der Waals surface area contributed by atoms with E-state index >= 15 is 0 Å². The second-order valence-electron chi connectivity index (χ2n) is 33.1. The summed E-state index contributed by atoms with van der Waals surface area (Å²) in [7, 11) is 0. The highest BCUT2D eigenvalue weighted by Crippen LogP contribution is 2.56. The minimum absolute atomic E-state index is 0.155. The molecule has 0 aliphatic heterocycles. The molecule has 0 saturated carbocycles. The fraction of sp³-hybridized carbons (Fsp3) is 0.0526. The van der Waals surface area contributed by atoms with E-state index in [0.717, 1.165) is 17.1 Å². The van der Waals surface area contributed by atoms with E-state index in [4.69, 9.17) is 0 Å². The lowest BCUT2D eigenvalue weighted by atomic mass is 9.80. The number of aromatic nitrogens is 4. The van der Waals surface area contributed by atoms with Gasteiger partial charge in [0.05, 0.1) is 44.1 Å². The van der Waals surface area contributed by atoms with Gasteiger partial charge in [0.15, 0.2) is 0 Å². The predicted octanol–water partition coefficient (Wildman–Crippen LogP) is 30.4. The lowest BCUT2D eigenvalue weighted by Gasteiger charge is -2.23. The Morgan fingerprint density at radius 3 is 0.856 bits per heavy atom. The molecule has 18 aromatic carbocycles. The first-order chi connectivity index (χ1) is 58.1. The van der Waals surface area contributed by atoms with E-state index in [9.17, 15) is 0 Å². The van der Waals surface area contributed by atoms with Crippen LogP contribution in [0.2, 0.25) is 0 Å². The first-order valence-corrected chi connectivity index (χ1v) is 41.2. The van der Waals surface area contributed by atoms with Gasteiger partial charge in [-0.05, 0) is 227 Å². The Kier molecular flexibility index (Phi) is 15.7. The monoisotopic (exact) mass is 1500 g/mol. The number of benzene rings is 18. The molecule has 556 valence electrons. The van der Waals surface area contributed by atoms with E-state index in [1.165, 1.54) is 204 Å². The van der Waals surface area contributed by atoms with Crippen molar-refractivity contribution in [2.75, 3.05) is 0 Å². The number of hydrogen-bond acceptors (Lipinski definition) is 0. The molecule has 118 heavy (non-hydrogen) atoms. The molecule has 0 atom stereocenters. The van der Waals surface area contributed by atoms with Crippen LogP contribution in [0.15, 0.2) is 413 Å². The van der Waals surface area contributed by atoms with Gasteiger partial charge in [-0.15, -0.1) is 0 Å². The highest BCUT2D eigenvalue weighted by atomic mass is 15.0. The zero-order chi connectivity index (χ0) is 78.5. The molecule has 2 aliphatic carbocycles. The van der Waals surface area contributed by atoms with Gasteiger partial charge in [0.1, 0.15) is 0 Å². The highest BCUT2D eigenvalue weighted by Gasteiger charge is 2.40. The standard InChI is InChI=1S/2C57H40N2/c1-57(2)51-19-11-9-17-45(51)47-31-32-48-50-36-42(26-34-54(50)59(56(48)55(47)57)44-29-23-40(24-30-44)38-15-7-4-8-16-38)41-25-33-53-49(35-41)46-18-10-12-20-52(46)58(53)43-27-21-39(22-28-43)37-13-5-3-6-14-37;1-57(2)50-19-11-9-17-45(50)47-31-34-54-55(56(47)57)49-36-42(26-33-53(49)59(54)44-29-23-40(24-30-44)38-15-7-4-8-16-38)41-25-32-52-48(35-41)46-18-10-12-20-51(46)58(52)43-27-21-39(22-28-43)37-13-5-3-6-14-37/h2*3-36H,1-2H3. The summed E-state index contributed by atoms with van der Waals surface area (Å²) < 4.78 is 9.81. The largest absolute Gasteiger partial charge is 0.309 e. The molecule has 4 aromatic heterocycles. The molecule has 0 spiro atoms. The molecule has 4 heterocycles. The second-order valence-corrected chi connectivity index (χ2v) is 33.1.